The highest BCUT2D eigenvalue weighted by Gasteiger charge is 2.35. The number of carbonyl (C=O) groups excluding carboxylic acids is 3. The molecule has 0 radical (unpaired) electrons. The van der Waals surface area contributed by atoms with Gasteiger partial charge in [-0.15, -0.1) is 0 Å². The molecule has 2 aromatic carbocycles. The van der Waals surface area contributed by atoms with Gasteiger partial charge in [-0.3, -0.25) is 14.4 Å². The highest BCUT2D eigenvalue weighted by Crippen LogP contribution is 2.18. The summed E-state index contributed by atoms with van der Waals surface area (Å²) >= 11 is 3.34. The molecule has 1 fully saturated rings. The molecular formula is C21H21BrN2O5. The zero-order chi connectivity index (χ0) is 20.6. The molecule has 1 aliphatic rings. The minimum atomic E-state index is -0.905. The number of benzene rings is 2. The number of piperazine rings is 1. The van der Waals surface area contributed by atoms with E-state index in [0.29, 0.717) is 24.4 Å². The number of halogens is 1. The van der Waals surface area contributed by atoms with Crippen LogP contribution in [0.2, 0.25) is 0 Å². The first-order chi connectivity index (χ1) is 14.0. The maximum absolute atomic E-state index is 12.9. The summed E-state index contributed by atoms with van der Waals surface area (Å²) in [6.45, 7) is 0.927. The van der Waals surface area contributed by atoms with E-state index in [1.807, 2.05) is 24.3 Å². The molecule has 1 saturated heterocycles. The number of amides is 2. The van der Waals surface area contributed by atoms with Gasteiger partial charge in [0.1, 0.15) is 25.0 Å². The Morgan fingerprint density at radius 1 is 1.10 bits per heavy atom. The second-order valence-corrected chi connectivity index (χ2v) is 7.32. The smallest absolute Gasteiger partial charge is 0.308 e. The van der Waals surface area contributed by atoms with Crippen molar-refractivity contribution in [2.75, 3.05) is 26.3 Å². The van der Waals surface area contributed by atoms with Crippen molar-refractivity contribution in [1.29, 1.82) is 0 Å². The number of esters is 1. The van der Waals surface area contributed by atoms with Gasteiger partial charge in [0.2, 0.25) is 5.91 Å². The van der Waals surface area contributed by atoms with Crippen molar-refractivity contribution in [3.63, 3.8) is 0 Å². The molecule has 0 spiro atoms. The number of hydrogen-bond donors (Lipinski definition) is 1. The van der Waals surface area contributed by atoms with Crippen molar-refractivity contribution in [2.45, 2.75) is 12.5 Å². The van der Waals surface area contributed by atoms with Crippen molar-refractivity contribution >= 4 is 33.7 Å². The molecule has 2 amide bonds. The number of carbonyl (C=O) groups is 3. The van der Waals surface area contributed by atoms with Crippen LogP contribution in [0.1, 0.15) is 16.8 Å². The number of nitrogens with one attached hydrogen (secondary N) is 1. The van der Waals surface area contributed by atoms with Gasteiger partial charge in [-0.2, -0.15) is 0 Å². The Bertz CT molecular complexity index is 874. The third-order valence-electron chi connectivity index (χ3n) is 4.38. The van der Waals surface area contributed by atoms with Crippen LogP contribution in [0.25, 0.3) is 0 Å². The molecule has 152 valence electrons. The number of ether oxygens (including phenoxy) is 2. The fourth-order valence-electron chi connectivity index (χ4n) is 3.00. The lowest BCUT2D eigenvalue weighted by Gasteiger charge is -2.34. The molecule has 3 rings (SSSR count). The lowest BCUT2D eigenvalue weighted by atomic mass is 10.1. The fraction of sp³-hybridized carbons (Fsp3) is 0.286. The molecule has 8 heteroatoms. The summed E-state index contributed by atoms with van der Waals surface area (Å²) in [5.74, 6) is -0.541. The summed E-state index contributed by atoms with van der Waals surface area (Å²) in [6, 6.07) is 15.2. The van der Waals surface area contributed by atoms with Crippen molar-refractivity contribution < 1.29 is 23.9 Å². The third-order valence-corrected chi connectivity index (χ3v) is 4.87. The highest BCUT2D eigenvalue weighted by molar-refractivity contribution is 9.10. The van der Waals surface area contributed by atoms with E-state index in [2.05, 4.69) is 21.2 Å². The quantitative estimate of drug-likeness (QED) is 0.506. The normalized spacial score (nSPS) is 16.1. The van der Waals surface area contributed by atoms with Gasteiger partial charge >= 0.3 is 5.97 Å². The molecule has 29 heavy (non-hydrogen) atoms. The van der Waals surface area contributed by atoms with E-state index in [1.54, 1.807) is 30.3 Å². The Kier molecular flexibility index (Phi) is 7.24. The average Bonchev–Trinajstić information content (AvgIpc) is 2.73. The minimum absolute atomic E-state index is 0.0572. The fourth-order valence-corrected chi connectivity index (χ4v) is 3.40. The van der Waals surface area contributed by atoms with Gasteiger partial charge in [-0.1, -0.05) is 40.2 Å². The van der Waals surface area contributed by atoms with E-state index in [-0.39, 0.29) is 31.4 Å². The molecule has 0 aromatic heterocycles. The van der Waals surface area contributed by atoms with Gasteiger partial charge in [0.05, 0.1) is 6.42 Å². The predicted octanol–water partition coefficient (Wildman–Crippen LogP) is 2.40. The van der Waals surface area contributed by atoms with E-state index in [1.165, 1.54) is 4.90 Å². The molecule has 0 saturated carbocycles. The van der Waals surface area contributed by atoms with E-state index in [0.717, 1.165) is 4.47 Å². The number of para-hydroxylation sites is 1. The first-order valence-corrected chi connectivity index (χ1v) is 10.0. The lowest BCUT2D eigenvalue weighted by Crippen LogP contribution is -2.57. The monoisotopic (exact) mass is 460 g/mol. The maximum atomic E-state index is 12.9. The third kappa shape index (κ3) is 5.80. The van der Waals surface area contributed by atoms with Crippen LogP contribution >= 0.6 is 15.9 Å². The van der Waals surface area contributed by atoms with Crippen LogP contribution in [0.3, 0.4) is 0 Å². The summed E-state index contributed by atoms with van der Waals surface area (Å²) in [7, 11) is 0. The van der Waals surface area contributed by atoms with Crippen molar-refractivity contribution in [2.24, 2.45) is 0 Å². The zero-order valence-corrected chi connectivity index (χ0v) is 17.3. The Morgan fingerprint density at radius 2 is 1.90 bits per heavy atom. The molecule has 2 aromatic rings. The van der Waals surface area contributed by atoms with Crippen molar-refractivity contribution in [3.05, 3.63) is 64.6 Å². The molecule has 0 bridgehead atoms. The van der Waals surface area contributed by atoms with Crippen LogP contribution in [0, 0.1) is 0 Å². The summed E-state index contributed by atoms with van der Waals surface area (Å²) in [5.41, 5.74) is 0.448. The van der Waals surface area contributed by atoms with Crippen LogP contribution in [-0.4, -0.2) is 55.0 Å². The van der Waals surface area contributed by atoms with Crippen LogP contribution in [0.15, 0.2) is 59.1 Å². The minimum Gasteiger partial charge on any atom is -0.490 e. The van der Waals surface area contributed by atoms with Gasteiger partial charge in [-0.05, 0) is 30.3 Å². The topological polar surface area (TPSA) is 84.9 Å². The summed E-state index contributed by atoms with van der Waals surface area (Å²) in [6.07, 6.45) is -0.211. The second kappa shape index (κ2) is 10.1. The van der Waals surface area contributed by atoms with Gasteiger partial charge in [0.15, 0.2) is 0 Å². The van der Waals surface area contributed by atoms with Gasteiger partial charge in [0, 0.05) is 23.1 Å². The lowest BCUT2D eigenvalue weighted by molar-refractivity contribution is -0.148. The molecule has 0 aliphatic carbocycles. The number of rotatable bonds is 7. The summed E-state index contributed by atoms with van der Waals surface area (Å²) in [5, 5.41) is 2.70. The molecule has 1 N–H and O–H groups in total. The Morgan fingerprint density at radius 3 is 2.66 bits per heavy atom. The molecule has 1 heterocycles. The van der Waals surface area contributed by atoms with E-state index in [9.17, 15) is 14.4 Å². The zero-order valence-electron chi connectivity index (χ0n) is 15.7. The molecule has 1 aliphatic heterocycles. The SMILES string of the molecule is O=C(CC1C(=O)NCCN1C(=O)c1cccc(Br)c1)OCCOc1ccccc1. The van der Waals surface area contributed by atoms with Gasteiger partial charge < -0.3 is 19.7 Å². The Labute approximate surface area is 177 Å². The van der Waals surface area contributed by atoms with Gasteiger partial charge in [0.25, 0.3) is 5.91 Å². The predicted molar refractivity (Wildman–Crippen MR) is 109 cm³/mol. The molecule has 1 unspecified atom stereocenters. The van der Waals surface area contributed by atoms with Crippen LogP contribution in [-0.2, 0) is 14.3 Å². The highest BCUT2D eigenvalue weighted by atomic mass is 79.9. The first-order valence-electron chi connectivity index (χ1n) is 9.22. The average molecular weight is 461 g/mol. The number of nitrogens with zero attached hydrogens (tertiary/aromatic N) is 1. The van der Waals surface area contributed by atoms with E-state index < -0.39 is 12.0 Å². The van der Waals surface area contributed by atoms with Gasteiger partial charge in [-0.25, -0.2) is 0 Å². The Balaban J connectivity index is 1.55. The molecule has 7 nitrogen and oxygen atoms in total. The van der Waals surface area contributed by atoms with E-state index >= 15 is 0 Å². The molecule has 1 atom stereocenters. The van der Waals surface area contributed by atoms with Crippen LogP contribution in [0.5, 0.6) is 5.75 Å². The standard InChI is InChI=1S/C21H21BrN2O5/c22-16-6-4-5-15(13-16)21(27)24-10-9-23-20(26)18(24)14-19(25)29-12-11-28-17-7-2-1-3-8-17/h1-8,13,18H,9-12,14H2,(H,23,26). The summed E-state index contributed by atoms with van der Waals surface area (Å²) < 4.78 is 11.4. The van der Waals surface area contributed by atoms with E-state index in [4.69, 9.17) is 9.47 Å². The first kappa shape index (κ1) is 20.9. The maximum Gasteiger partial charge on any atom is 0.308 e. The molecular weight excluding hydrogens is 440 g/mol. The van der Waals surface area contributed by atoms with Crippen LogP contribution < -0.4 is 10.1 Å². The Hall–Kier alpha value is -2.87. The number of hydrogen-bond acceptors (Lipinski definition) is 5. The largest absolute Gasteiger partial charge is 0.490 e. The second-order valence-electron chi connectivity index (χ2n) is 6.40. The van der Waals surface area contributed by atoms with Crippen molar-refractivity contribution in [1.82, 2.24) is 10.2 Å². The summed E-state index contributed by atoms with van der Waals surface area (Å²) in [4.78, 5) is 38.8. The van der Waals surface area contributed by atoms with Crippen molar-refractivity contribution in [3.8, 4) is 5.75 Å². The van der Waals surface area contributed by atoms with Crippen LogP contribution in [0.4, 0.5) is 0 Å².